The summed E-state index contributed by atoms with van der Waals surface area (Å²) in [6.45, 7) is 0.928. The fraction of sp³-hybridized carbons (Fsp3) is 0.524. The molecular formula is C21H27N3O4S. The van der Waals surface area contributed by atoms with Gasteiger partial charge in [0.25, 0.3) is 0 Å². The molecule has 4 N–H and O–H groups in total. The van der Waals surface area contributed by atoms with E-state index in [9.17, 15) is 15.0 Å². The number of ether oxygens (including phenoxy) is 1. The zero-order valence-corrected chi connectivity index (χ0v) is 17.0. The highest BCUT2D eigenvalue weighted by atomic mass is 32.1. The van der Waals surface area contributed by atoms with Crippen LogP contribution in [0, 0.1) is 5.92 Å². The number of nitrogens with zero attached hydrogens (tertiary/aromatic N) is 1. The standard InChI is InChI=1S/C21H27N3O4S/c25-16-7-14(8-16)5-6-23-21(27)28-20-17(24-10-18(20)26)9-13-1-3-15(4-2-13)19-11-22-12-29-19/h1-4,11-12,14,16-18,20,24-26H,5-10H2,(H,23,27)/t14?,16?,17-,18+,20+/m1/s1. The summed E-state index contributed by atoms with van der Waals surface area (Å²) in [5, 5.41) is 25.6. The molecule has 0 bridgehead atoms. The number of hydrogen-bond acceptors (Lipinski definition) is 7. The van der Waals surface area contributed by atoms with Crippen LogP contribution in [0.4, 0.5) is 4.79 Å². The molecule has 2 aliphatic rings. The number of hydrogen-bond donors (Lipinski definition) is 4. The monoisotopic (exact) mass is 417 g/mol. The average Bonchev–Trinajstić information content (AvgIpc) is 3.33. The number of benzene rings is 1. The molecule has 2 aromatic rings. The topological polar surface area (TPSA) is 104 Å². The number of carbonyl (C=O) groups excluding carboxylic acids is 1. The van der Waals surface area contributed by atoms with Crippen molar-refractivity contribution in [3.63, 3.8) is 0 Å². The molecule has 7 nitrogen and oxygen atoms in total. The van der Waals surface area contributed by atoms with Gasteiger partial charge in [-0.2, -0.15) is 0 Å². The number of β-amino-alcohol motifs (C(OH)–C–C–N with tert-alkyl or cyclic N) is 1. The lowest BCUT2D eigenvalue weighted by atomic mass is 9.80. The lowest BCUT2D eigenvalue weighted by Crippen LogP contribution is -2.42. The maximum Gasteiger partial charge on any atom is 0.407 e. The van der Waals surface area contributed by atoms with Gasteiger partial charge in [0, 0.05) is 19.3 Å². The second-order valence-electron chi connectivity index (χ2n) is 7.93. The summed E-state index contributed by atoms with van der Waals surface area (Å²) in [6.07, 6.45) is 3.00. The number of aliphatic hydroxyl groups excluding tert-OH is 2. The molecular weight excluding hydrogens is 390 g/mol. The van der Waals surface area contributed by atoms with Crippen LogP contribution in [0.2, 0.25) is 0 Å². The zero-order chi connectivity index (χ0) is 20.2. The largest absolute Gasteiger partial charge is 0.442 e. The van der Waals surface area contributed by atoms with E-state index in [1.54, 1.807) is 11.3 Å². The van der Waals surface area contributed by atoms with Crippen LogP contribution >= 0.6 is 11.3 Å². The van der Waals surface area contributed by atoms with E-state index >= 15 is 0 Å². The van der Waals surface area contributed by atoms with Gasteiger partial charge in [-0.25, -0.2) is 4.79 Å². The number of amides is 1. The fourth-order valence-corrected chi connectivity index (χ4v) is 4.65. The first-order valence-electron chi connectivity index (χ1n) is 10.1. The van der Waals surface area contributed by atoms with Crippen molar-refractivity contribution in [2.75, 3.05) is 13.1 Å². The van der Waals surface area contributed by atoms with Crippen LogP contribution in [-0.2, 0) is 11.2 Å². The van der Waals surface area contributed by atoms with Gasteiger partial charge >= 0.3 is 6.09 Å². The molecule has 1 aromatic heterocycles. The van der Waals surface area contributed by atoms with Crippen molar-refractivity contribution < 1.29 is 19.7 Å². The summed E-state index contributed by atoms with van der Waals surface area (Å²) < 4.78 is 5.53. The Hall–Kier alpha value is -2.00. The maximum absolute atomic E-state index is 12.1. The molecule has 0 spiro atoms. The molecule has 2 fully saturated rings. The Morgan fingerprint density at radius 3 is 2.76 bits per heavy atom. The normalized spacial score (nSPS) is 28.7. The van der Waals surface area contributed by atoms with Gasteiger partial charge in [0.2, 0.25) is 0 Å². The Morgan fingerprint density at radius 1 is 1.28 bits per heavy atom. The highest BCUT2D eigenvalue weighted by Gasteiger charge is 2.37. The van der Waals surface area contributed by atoms with Crippen molar-refractivity contribution in [2.24, 2.45) is 5.92 Å². The van der Waals surface area contributed by atoms with Crippen molar-refractivity contribution in [3.8, 4) is 10.4 Å². The first-order chi connectivity index (χ1) is 14.1. The zero-order valence-electron chi connectivity index (χ0n) is 16.2. The van der Waals surface area contributed by atoms with Crippen LogP contribution < -0.4 is 10.6 Å². The second-order valence-corrected chi connectivity index (χ2v) is 8.81. The minimum absolute atomic E-state index is 0.133. The van der Waals surface area contributed by atoms with E-state index in [2.05, 4.69) is 39.9 Å². The number of rotatable bonds is 7. The van der Waals surface area contributed by atoms with Gasteiger partial charge in [-0.1, -0.05) is 24.3 Å². The van der Waals surface area contributed by atoms with E-state index in [0.717, 1.165) is 35.3 Å². The van der Waals surface area contributed by atoms with Crippen LogP contribution in [0.5, 0.6) is 0 Å². The van der Waals surface area contributed by atoms with Crippen LogP contribution in [-0.4, -0.2) is 58.7 Å². The van der Waals surface area contributed by atoms with E-state index in [1.807, 2.05) is 11.7 Å². The third kappa shape index (κ3) is 5.14. The molecule has 1 amide bonds. The molecule has 156 valence electrons. The molecule has 1 aliphatic carbocycles. The van der Waals surface area contributed by atoms with Crippen molar-refractivity contribution in [1.29, 1.82) is 0 Å². The lowest BCUT2D eigenvalue weighted by molar-refractivity contribution is 0.0173. The SMILES string of the molecule is O=C(NCCC1CC(O)C1)O[C@@H]1[C@@H](O)CN[C@@H]1Cc1ccc(-c2cncs2)cc1. The Labute approximate surface area is 174 Å². The number of carbonyl (C=O) groups is 1. The summed E-state index contributed by atoms with van der Waals surface area (Å²) in [5.74, 6) is 0.477. The summed E-state index contributed by atoms with van der Waals surface area (Å²) in [6, 6.07) is 8.12. The van der Waals surface area contributed by atoms with Crippen LogP contribution in [0.3, 0.4) is 0 Å². The number of aliphatic hydroxyl groups is 2. The number of alkyl carbamates (subject to hydrolysis) is 1. The van der Waals surface area contributed by atoms with E-state index in [0.29, 0.717) is 25.4 Å². The van der Waals surface area contributed by atoms with Gasteiger partial charge in [0.05, 0.1) is 22.5 Å². The summed E-state index contributed by atoms with van der Waals surface area (Å²) in [5.41, 5.74) is 4.06. The van der Waals surface area contributed by atoms with Crippen LogP contribution in [0.1, 0.15) is 24.8 Å². The van der Waals surface area contributed by atoms with Gasteiger partial charge in [0.1, 0.15) is 12.2 Å². The molecule has 2 heterocycles. The predicted octanol–water partition coefficient (Wildman–Crippen LogP) is 1.94. The summed E-state index contributed by atoms with van der Waals surface area (Å²) >= 11 is 1.60. The molecule has 0 radical (unpaired) electrons. The van der Waals surface area contributed by atoms with Gasteiger partial charge in [-0.05, 0) is 42.7 Å². The third-order valence-electron chi connectivity index (χ3n) is 5.77. The lowest BCUT2D eigenvalue weighted by Gasteiger charge is -2.31. The average molecular weight is 418 g/mol. The van der Waals surface area contributed by atoms with Gasteiger partial charge in [0.15, 0.2) is 0 Å². The molecule has 1 saturated heterocycles. The minimum atomic E-state index is -0.719. The molecule has 29 heavy (non-hydrogen) atoms. The van der Waals surface area contributed by atoms with E-state index < -0.39 is 18.3 Å². The Morgan fingerprint density at radius 2 is 2.07 bits per heavy atom. The van der Waals surface area contributed by atoms with Gasteiger partial charge < -0.3 is 25.6 Å². The molecule has 1 saturated carbocycles. The highest BCUT2D eigenvalue weighted by Crippen LogP contribution is 2.29. The Bertz CT molecular complexity index is 793. The quantitative estimate of drug-likeness (QED) is 0.549. The fourth-order valence-electron chi connectivity index (χ4n) is 4.02. The number of thiazole rings is 1. The first kappa shape index (κ1) is 20.3. The third-order valence-corrected chi connectivity index (χ3v) is 6.59. The first-order valence-corrected chi connectivity index (χ1v) is 11.0. The van der Waals surface area contributed by atoms with Crippen molar-refractivity contribution in [3.05, 3.63) is 41.5 Å². The van der Waals surface area contributed by atoms with E-state index in [1.165, 1.54) is 0 Å². The molecule has 1 aliphatic heterocycles. The number of aromatic nitrogens is 1. The summed E-state index contributed by atoms with van der Waals surface area (Å²) in [7, 11) is 0. The predicted molar refractivity (Wildman–Crippen MR) is 111 cm³/mol. The Kier molecular flexibility index (Phi) is 6.44. The second kappa shape index (κ2) is 9.21. The molecule has 8 heteroatoms. The van der Waals surface area contributed by atoms with Crippen molar-refractivity contribution in [2.45, 2.75) is 50.0 Å². The molecule has 0 unspecified atom stereocenters. The van der Waals surface area contributed by atoms with Crippen molar-refractivity contribution in [1.82, 2.24) is 15.6 Å². The van der Waals surface area contributed by atoms with Crippen molar-refractivity contribution >= 4 is 17.4 Å². The molecule has 1 aromatic carbocycles. The number of nitrogens with one attached hydrogen (secondary N) is 2. The van der Waals surface area contributed by atoms with E-state index in [-0.39, 0.29) is 12.1 Å². The maximum atomic E-state index is 12.1. The van der Waals surface area contributed by atoms with Crippen LogP contribution in [0.15, 0.2) is 36.0 Å². The molecule has 3 atom stereocenters. The van der Waals surface area contributed by atoms with Gasteiger partial charge in [-0.15, -0.1) is 11.3 Å². The Balaban J connectivity index is 1.27. The summed E-state index contributed by atoms with van der Waals surface area (Å²) in [4.78, 5) is 17.4. The van der Waals surface area contributed by atoms with Gasteiger partial charge in [-0.3, -0.25) is 4.98 Å². The highest BCUT2D eigenvalue weighted by molar-refractivity contribution is 7.13. The van der Waals surface area contributed by atoms with E-state index in [4.69, 9.17) is 4.74 Å². The minimum Gasteiger partial charge on any atom is -0.442 e. The van der Waals surface area contributed by atoms with Crippen LogP contribution in [0.25, 0.3) is 10.4 Å². The molecule has 4 rings (SSSR count). The smallest absolute Gasteiger partial charge is 0.407 e.